The van der Waals surface area contributed by atoms with Crippen LogP contribution in [0.25, 0.3) is 0 Å². The van der Waals surface area contributed by atoms with E-state index in [2.05, 4.69) is 10.0 Å². The molecule has 1 aromatic heterocycles. The van der Waals surface area contributed by atoms with Crippen molar-refractivity contribution in [2.75, 3.05) is 11.6 Å². The van der Waals surface area contributed by atoms with Crippen molar-refractivity contribution in [1.29, 1.82) is 0 Å². The van der Waals surface area contributed by atoms with Gasteiger partial charge in [-0.2, -0.15) is 11.3 Å². The number of sulfonamides is 1. The molecule has 0 unspecified atom stereocenters. The molecule has 2 aromatic rings. The molecule has 0 aliphatic heterocycles. The molecule has 0 saturated carbocycles. The highest BCUT2D eigenvalue weighted by Crippen LogP contribution is 2.12. The van der Waals surface area contributed by atoms with Gasteiger partial charge in [-0.1, -0.05) is 12.1 Å². The van der Waals surface area contributed by atoms with E-state index in [0.29, 0.717) is 12.1 Å². The van der Waals surface area contributed by atoms with Gasteiger partial charge in [-0.15, -0.1) is 0 Å². The Kier molecular flexibility index (Phi) is 5.11. The maximum Gasteiger partial charge on any atom is 0.228 e. The largest absolute Gasteiger partial charge is 0.326 e. The number of hydrogen-bond donors (Lipinski definition) is 2. The molecule has 1 heterocycles. The molecule has 0 fully saturated rings. The molecule has 7 heteroatoms. The molecule has 2 rings (SSSR count). The Labute approximate surface area is 128 Å². The normalized spacial score (nSPS) is 11.3. The number of carbonyl (C=O) groups is 1. The van der Waals surface area contributed by atoms with Crippen LogP contribution in [0, 0.1) is 0 Å². The minimum absolute atomic E-state index is 0.0957. The quantitative estimate of drug-likeness (QED) is 0.853. The third kappa shape index (κ3) is 5.66. The van der Waals surface area contributed by atoms with Crippen molar-refractivity contribution in [3.05, 3.63) is 52.2 Å². The van der Waals surface area contributed by atoms with Gasteiger partial charge in [0, 0.05) is 12.2 Å². The predicted octanol–water partition coefficient (Wildman–Crippen LogP) is 1.98. The van der Waals surface area contributed by atoms with Crippen LogP contribution in [0.4, 0.5) is 5.69 Å². The number of benzene rings is 1. The molecular formula is C14H16N2O3S2. The summed E-state index contributed by atoms with van der Waals surface area (Å²) in [5.41, 5.74) is 2.42. The monoisotopic (exact) mass is 324 g/mol. The van der Waals surface area contributed by atoms with Gasteiger partial charge in [0.05, 0.1) is 12.7 Å². The Hall–Kier alpha value is -1.70. The Bertz CT molecular complexity index is 710. The van der Waals surface area contributed by atoms with Gasteiger partial charge in [-0.05, 0) is 40.1 Å². The Morgan fingerprint density at radius 2 is 2.05 bits per heavy atom. The van der Waals surface area contributed by atoms with Crippen LogP contribution in [0.15, 0.2) is 41.1 Å². The van der Waals surface area contributed by atoms with Gasteiger partial charge in [0.15, 0.2) is 0 Å². The van der Waals surface area contributed by atoms with E-state index in [-0.39, 0.29) is 12.5 Å². The number of hydrogen-bond acceptors (Lipinski definition) is 4. The van der Waals surface area contributed by atoms with E-state index < -0.39 is 10.0 Å². The lowest BCUT2D eigenvalue weighted by atomic mass is 10.2. The molecule has 112 valence electrons. The van der Waals surface area contributed by atoms with Crippen LogP contribution in [0.5, 0.6) is 0 Å². The lowest BCUT2D eigenvalue weighted by Gasteiger charge is -2.07. The molecule has 0 bridgehead atoms. The summed E-state index contributed by atoms with van der Waals surface area (Å²) in [4.78, 5) is 11.9. The van der Waals surface area contributed by atoms with Crippen molar-refractivity contribution in [3.8, 4) is 0 Å². The van der Waals surface area contributed by atoms with Gasteiger partial charge >= 0.3 is 0 Å². The molecule has 1 amide bonds. The van der Waals surface area contributed by atoms with Gasteiger partial charge < -0.3 is 5.32 Å². The summed E-state index contributed by atoms with van der Waals surface area (Å²) in [6.07, 6.45) is 1.44. The van der Waals surface area contributed by atoms with E-state index in [0.717, 1.165) is 17.4 Å². The molecular weight excluding hydrogens is 308 g/mol. The first-order valence-corrected chi connectivity index (χ1v) is 9.10. The fourth-order valence-electron chi connectivity index (χ4n) is 1.76. The zero-order valence-electron chi connectivity index (χ0n) is 11.5. The zero-order chi connectivity index (χ0) is 15.3. The summed E-state index contributed by atoms with van der Waals surface area (Å²) in [6, 6.07) is 9.02. The summed E-state index contributed by atoms with van der Waals surface area (Å²) in [5, 5.41) is 6.67. The molecule has 0 aliphatic rings. The molecule has 5 nitrogen and oxygen atoms in total. The maximum atomic E-state index is 11.9. The highest BCUT2D eigenvalue weighted by atomic mass is 32.2. The minimum Gasteiger partial charge on any atom is -0.326 e. The van der Waals surface area contributed by atoms with E-state index >= 15 is 0 Å². The summed E-state index contributed by atoms with van der Waals surface area (Å²) < 4.78 is 24.5. The van der Waals surface area contributed by atoms with Crippen molar-refractivity contribution in [1.82, 2.24) is 4.72 Å². The SMILES string of the molecule is CS(=O)(=O)NCc1cccc(NC(=O)Cc2ccsc2)c1. The summed E-state index contributed by atoms with van der Waals surface area (Å²) in [6.45, 7) is 0.201. The van der Waals surface area contributed by atoms with E-state index in [4.69, 9.17) is 0 Å². The van der Waals surface area contributed by atoms with Crippen LogP contribution < -0.4 is 10.0 Å². The highest BCUT2D eigenvalue weighted by molar-refractivity contribution is 7.88. The van der Waals surface area contributed by atoms with Gasteiger partial charge in [0.2, 0.25) is 15.9 Å². The van der Waals surface area contributed by atoms with Crippen molar-refractivity contribution in [3.63, 3.8) is 0 Å². The number of rotatable bonds is 6. The summed E-state index contributed by atoms with van der Waals surface area (Å²) in [5.74, 6) is -0.0957. The minimum atomic E-state index is -3.23. The molecule has 1 aromatic carbocycles. The van der Waals surface area contributed by atoms with Gasteiger partial charge in [-0.3, -0.25) is 4.79 Å². The number of anilines is 1. The molecule has 0 atom stereocenters. The number of nitrogens with one attached hydrogen (secondary N) is 2. The third-order valence-electron chi connectivity index (χ3n) is 2.69. The average Bonchev–Trinajstić information content (AvgIpc) is 2.88. The van der Waals surface area contributed by atoms with Crippen molar-refractivity contribution < 1.29 is 13.2 Å². The highest BCUT2D eigenvalue weighted by Gasteiger charge is 2.06. The molecule has 21 heavy (non-hydrogen) atoms. The van der Waals surface area contributed by atoms with Crippen LogP contribution in [0.2, 0.25) is 0 Å². The first-order chi connectivity index (χ1) is 9.92. The fraction of sp³-hybridized carbons (Fsp3) is 0.214. The van der Waals surface area contributed by atoms with Crippen LogP contribution in [-0.2, 0) is 27.8 Å². The van der Waals surface area contributed by atoms with E-state index in [9.17, 15) is 13.2 Å². The first-order valence-electron chi connectivity index (χ1n) is 6.27. The number of carbonyl (C=O) groups excluding carboxylic acids is 1. The van der Waals surface area contributed by atoms with Gasteiger partial charge in [-0.25, -0.2) is 13.1 Å². The second-order valence-corrected chi connectivity index (χ2v) is 7.26. The standard InChI is InChI=1S/C14H16N2O3S2/c1-21(18,19)15-9-11-3-2-4-13(7-11)16-14(17)8-12-5-6-20-10-12/h2-7,10,15H,8-9H2,1H3,(H,16,17). The van der Waals surface area contributed by atoms with Gasteiger partial charge in [0.25, 0.3) is 0 Å². The first kappa shape index (κ1) is 15.7. The summed E-state index contributed by atoms with van der Waals surface area (Å²) >= 11 is 1.55. The maximum absolute atomic E-state index is 11.9. The second-order valence-electron chi connectivity index (χ2n) is 4.65. The van der Waals surface area contributed by atoms with E-state index in [1.807, 2.05) is 16.8 Å². The van der Waals surface area contributed by atoms with E-state index in [1.54, 1.807) is 35.6 Å². The molecule has 0 spiro atoms. The molecule has 0 aliphatic carbocycles. The molecule has 0 saturated heterocycles. The van der Waals surface area contributed by atoms with Crippen LogP contribution >= 0.6 is 11.3 Å². The van der Waals surface area contributed by atoms with Crippen LogP contribution in [-0.4, -0.2) is 20.6 Å². The molecule has 0 radical (unpaired) electrons. The number of thiophene rings is 1. The fourth-order valence-corrected chi connectivity index (χ4v) is 2.85. The van der Waals surface area contributed by atoms with Crippen molar-refractivity contribution >= 4 is 33.0 Å². The Morgan fingerprint density at radius 3 is 2.71 bits per heavy atom. The lowest BCUT2D eigenvalue weighted by molar-refractivity contribution is -0.115. The second kappa shape index (κ2) is 6.84. The van der Waals surface area contributed by atoms with E-state index in [1.165, 1.54) is 0 Å². The smallest absolute Gasteiger partial charge is 0.228 e. The Morgan fingerprint density at radius 1 is 1.24 bits per heavy atom. The summed E-state index contributed by atoms with van der Waals surface area (Å²) in [7, 11) is -3.23. The molecule has 2 N–H and O–H groups in total. The zero-order valence-corrected chi connectivity index (χ0v) is 13.1. The van der Waals surface area contributed by atoms with Crippen LogP contribution in [0.3, 0.4) is 0 Å². The topological polar surface area (TPSA) is 75.3 Å². The average molecular weight is 324 g/mol. The third-order valence-corrected chi connectivity index (χ3v) is 4.09. The predicted molar refractivity (Wildman–Crippen MR) is 84.8 cm³/mol. The lowest BCUT2D eigenvalue weighted by Crippen LogP contribution is -2.21. The van der Waals surface area contributed by atoms with Crippen molar-refractivity contribution in [2.24, 2.45) is 0 Å². The Balaban J connectivity index is 1.95. The van der Waals surface area contributed by atoms with Crippen molar-refractivity contribution in [2.45, 2.75) is 13.0 Å². The van der Waals surface area contributed by atoms with Crippen LogP contribution in [0.1, 0.15) is 11.1 Å². The van der Waals surface area contributed by atoms with Gasteiger partial charge in [0.1, 0.15) is 0 Å². The number of amides is 1.